The lowest BCUT2D eigenvalue weighted by Gasteiger charge is -2.41. The Hall–Kier alpha value is -1.30. The average Bonchev–Trinajstić information content (AvgIpc) is 2.89. The Labute approximate surface area is 140 Å². The smallest absolute Gasteiger partial charge is 0.220 e. The Kier molecular flexibility index (Phi) is 6.27. The fourth-order valence-electron chi connectivity index (χ4n) is 3.98. The van der Waals surface area contributed by atoms with E-state index in [0.29, 0.717) is 12.5 Å². The SMILES string of the molecule is CCN(CC)C(C)CNC(=NC)N1CCCC2(CNC(=O)C2)C1. The van der Waals surface area contributed by atoms with Crippen molar-refractivity contribution in [3.8, 4) is 0 Å². The van der Waals surface area contributed by atoms with Gasteiger partial charge in [-0.3, -0.25) is 14.7 Å². The van der Waals surface area contributed by atoms with Gasteiger partial charge in [0.15, 0.2) is 5.96 Å². The van der Waals surface area contributed by atoms with Gasteiger partial charge in [0.1, 0.15) is 0 Å². The van der Waals surface area contributed by atoms with Crippen LogP contribution in [0.3, 0.4) is 0 Å². The lowest BCUT2D eigenvalue weighted by atomic mass is 9.79. The van der Waals surface area contributed by atoms with E-state index >= 15 is 0 Å². The van der Waals surface area contributed by atoms with Crippen LogP contribution in [0.1, 0.15) is 40.0 Å². The van der Waals surface area contributed by atoms with Gasteiger partial charge in [-0.25, -0.2) is 0 Å². The van der Waals surface area contributed by atoms with Crippen molar-refractivity contribution in [2.75, 3.05) is 46.3 Å². The molecule has 2 heterocycles. The highest BCUT2D eigenvalue weighted by Gasteiger charge is 2.42. The predicted octanol–water partition coefficient (Wildman–Crippen LogP) is 0.894. The van der Waals surface area contributed by atoms with Gasteiger partial charge in [-0.2, -0.15) is 0 Å². The maximum absolute atomic E-state index is 11.6. The number of amides is 1. The number of likely N-dealkylation sites (N-methyl/N-ethyl adjacent to an activating group) is 1. The topological polar surface area (TPSA) is 60.0 Å². The van der Waals surface area contributed by atoms with Crippen LogP contribution >= 0.6 is 0 Å². The molecule has 0 aromatic heterocycles. The van der Waals surface area contributed by atoms with Gasteiger partial charge in [0.05, 0.1) is 0 Å². The first-order valence-electron chi connectivity index (χ1n) is 9.00. The van der Waals surface area contributed by atoms with E-state index in [-0.39, 0.29) is 11.3 Å². The lowest BCUT2D eigenvalue weighted by Crippen LogP contribution is -2.53. The quantitative estimate of drug-likeness (QED) is 0.583. The molecule has 1 amide bonds. The van der Waals surface area contributed by atoms with Gasteiger partial charge < -0.3 is 15.5 Å². The summed E-state index contributed by atoms with van der Waals surface area (Å²) >= 11 is 0. The van der Waals surface area contributed by atoms with Gasteiger partial charge in [-0.1, -0.05) is 13.8 Å². The summed E-state index contributed by atoms with van der Waals surface area (Å²) < 4.78 is 0. The summed E-state index contributed by atoms with van der Waals surface area (Å²) in [5.74, 6) is 1.17. The van der Waals surface area contributed by atoms with Gasteiger partial charge >= 0.3 is 0 Å². The van der Waals surface area contributed by atoms with Crippen LogP contribution in [0.4, 0.5) is 0 Å². The van der Waals surface area contributed by atoms with Crippen LogP contribution in [0.15, 0.2) is 4.99 Å². The Balaban J connectivity index is 1.91. The minimum atomic E-state index is 0.109. The van der Waals surface area contributed by atoms with Crippen molar-refractivity contribution < 1.29 is 4.79 Å². The minimum absolute atomic E-state index is 0.109. The van der Waals surface area contributed by atoms with E-state index in [9.17, 15) is 4.79 Å². The third-order valence-electron chi connectivity index (χ3n) is 5.36. The zero-order valence-corrected chi connectivity index (χ0v) is 15.2. The summed E-state index contributed by atoms with van der Waals surface area (Å²) in [6, 6.07) is 0.482. The first-order valence-corrected chi connectivity index (χ1v) is 9.00. The third-order valence-corrected chi connectivity index (χ3v) is 5.36. The zero-order valence-electron chi connectivity index (χ0n) is 15.2. The van der Waals surface area contributed by atoms with E-state index in [4.69, 9.17) is 0 Å². The molecule has 6 nitrogen and oxygen atoms in total. The molecule has 2 N–H and O–H groups in total. The van der Waals surface area contributed by atoms with E-state index in [0.717, 1.165) is 58.1 Å². The number of likely N-dealkylation sites (tertiary alicyclic amines) is 1. The van der Waals surface area contributed by atoms with Crippen molar-refractivity contribution in [2.45, 2.75) is 46.1 Å². The number of hydrogen-bond donors (Lipinski definition) is 2. The Bertz CT molecular complexity index is 435. The van der Waals surface area contributed by atoms with Gasteiger partial charge in [-0.05, 0) is 32.9 Å². The number of guanidine groups is 1. The minimum Gasteiger partial charge on any atom is -0.355 e. The van der Waals surface area contributed by atoms with Crippen molar-refractivity contribution in [1.82, 2.24) is 20.4 Å². The second kappa shape index (κ2) is 7.99. The molecule has 2 atom stereocenters. The Morgan fingerprint density at radius 3 is 2.78 bits per heavy atom. The molecular formula is C17H33N5O. The van der Waals surface area contributed by atoms with Crippen molar-refractivity contribution in [2.24, 2.45) is 10.4 Å². The molecule has 0 bridgehead atoms. The summed E-state index contributed by atoms with van der Waals surface area (Å²) in [5, 5.41) is 6.54. The molecule has 2 unspecified atom stereocenters. The maximum Gasteiger partial charge on any atom is 0.220 e. The highest BCUT2D eigenvalue weighted by molar-refractivity contribution is 5.81. The molecule has 0 aromatic rings. The molecule has 2 aliphatic rings. The Morgan fingerprint density at radius 1 is 1.48 bits per heavy atom. The number of nitrogens with zero attached hydrogens (tertiary/aromatic N) is 3. The fourth-order valence-corrected chi connectivity index (χ4v) is 3.98. The number of nitrogens with one attached hydrogen (secondary N) is 2. The van der Waals surface area contributed by atoms with E-state index in [1.165, 1.54) is 0 Å². The first-order chi connectivity index (χ1) is 11.0. The third kappa shape index (κ3) is 4.37. The first kappa shape index (κ1) is 18.0. The summed E-state index contributed by atoms with van der Waals surface area (Å²) in [5.41, 5.74) is 0.109. The van der Waals surface area contributed by atoms with Crippen molar-refractivity contribution in [3.05, 3.63) is 0 Å². The highest BCUT2D eigenvalue weighted by Crippen LogP contribution is 2.35. The largest absolute Gasteiger partial charge is 0.355 e. The second-order valence-corrected chi connectivity index (χ2v) is 6.98. The van der Waals surface area contributed by atoms with Gasteiger partial charge in [0, 0.05) is 51.1 Å². The number of aliphatic imine (C=N–C) groups is 1. The number of hydrogen-bond acceptors (Lipinski definition) is 3. The van der Waals surface area contributed by atoms with E-state index < -0.39 is 0 Å². The van der Waals surface area contributed by atoms with E-state index in [1.807, 2.05) is 7.05 Å². The van der Waals surface area contributed by atoms with Crippen LogP contribution in [0.5, 0.6) is 0 Å². The van der Waals surface area contributed by atoms with Crippen LogP contribution in [0, 0.1) is 5.41 Å². The summed E-state index contributed by atoms with van der Waals surface area (Å²) in [7, 11) is 1.85. The molecule has 0 aromatic carbocycles. The number of carbonyl (C=O) groups excluding carboxylic acids is 1. The molecule has 23 heavy (non-hydrogen) atoms. The summed E-state index contributed by atoms with van der Waals surface area (Å²) in [4.78, 5) is 20.9. The maximum atomic E-state index is 11.6. The van der Waals surface area contributed by atoms with E-state index in [2.05, 4.69) is 46.2 Å². The summed E-state index contributed by atoms with van der Waals surface area (Å²) in [6.45, 7) is 12.5. The fraction of sp³-hybridized carbons (Fsp3) is 0.882. The Morgan fingerprint density at radius 2 is 2.22 bits per heavy atom. The molecule has 2 saturated heterocycles. The van der Waals surface area contributed by atoms with Gasteiger partial charge in [0.2, 0.25) is 5.91 Å². The van der Waals surface area contributed by atoms with Gasteiger partial charge in [0.25, 0.3) is 0 Å². The standard InChI is InChI=1S/C17H33N5O/c1-5-21(6-2)14(3)11-19-16(18-4)22-9-7-8-17(13-22)10-15(23)20-12-17/h14H,5-13H2,1-4H3,(H,18,19)(H,20,23). The number of piperidine rings is 1. The molecular weight excluding hydrogens is 290 g/mol. The molecule has 2 fully saturated rings. The normalized spacial score (nSPS) is 26.7. The molecule has 0 aliphatic carbocycles. The molecule has 6 heteroatoms. The van der Waals surface area contributed by atoms with Gasteiger partial charge in [-0.15, -0.1) is 0 Å². The van der Waals surface area contributed by atoms with Crippen molar-refractivity contribution in [3.63, 3.8) is 0 Å². The predicted molar refractivity (Wildman–Crippen MR) is 94.6 cm³/mol. The number of carbonyl (C=O) groups is 1. The molecule has 0 saturated carbocycles. The van der Waals surface area contributed by atoms with Crippen molar-refractivity contribution >= 4 is 11.9 Å². The second-order valence-electron chi connectivity index (χ2n) is 6.98. The van der Waals surface area contributed by atoms with Crippen LogP contribution in [0.2, 0.25) is 0 Å². The van der Waals surface area contributed by atoms with Crippen molar-refractivity contribution in [1.29, 1.82) is 0 Å². The molecule has 0 radical (unpaired) electrons. The molecule has 1 spiro atoms. The lowest BCUT2D eigenvalue weighted by molar-refractivity contribution is -0.119. The monoisotopic (exact) mass is 323 g/mol. The van der Waals surface area contributed by atoms with Crippen LogP contribution < -0.4 is 10.6 Å². The number of rotatable bonds is 5. The highest BCUT2D eigenvalue weighted by atomic mass is 16.1. The van der Waals surface area contributed by atoms with E-state index in [1.54, 1.807) is 0 Å². The van der Waals surface area contributed by atoms with Crippen LogP contribution in [-0.2, 0) is 4.79 Å². The zero-order chi connectivity index (χ0) is 16.9. The average molecular weight is 323 g/mol. The molecule has 2 aliphatic heterocycles. The van der Waals surface area contributed by atoms with Crippen LogP contribution in [-0.4, -0.2) is 74.0 Å². The van der Waals surface area contributed by atoms with Crippen LogP contribution in [0.25, 0.3) is 0 Å². The molecule has 132 valence electrons. The molecule has 2 rings (SSSR count). The summed E-state index contributed by atoms with van der Waals surface area (Å²) in [6.07, 6.45) is 2.92.